The second kappa shape index (κ2) is 5.93. The second-order valence-electron chi connectivity index (χ2n) is 6.07. The third-order valence-electron chi connectivity index (χ3n) is 4.27. The fourth-order valence-corrected chi connectivity index (χ4v) is 3.21. The average Bonchev–Trinajstić information content (AvgIpc) is 2.72. The van der Waals surface area contributed by atoms with Crippen molar-refractivity contribution in [2.24, 2.45) is 11.7 Å². The highest BCUT2D eigenvalue weighted by atomic mass is 15.2. The minimum atomic E-state index is 0.656. The third kappa shape index (κ3) is 3.10. The topological polar surface area (TPSA) is 32.5 Å². The Kier molecular flexibility index (Phi) is 4.48. The van der Waals surface area contributed by atoms with Crippen molar-refractivity contribution in [1.82, 2.24) is 4.90 Å². The molecule has 106 valence electrons. The summed E-state index contributed by atoms with van der Waals surface area (Å²) in [5.74, 6) is 0.720. The molecule has 1 heterocycles. The zero-order valence-corrected chi connectivity index (χ0v) is 12.7. The summed E-state index contributed by atoms with van der Waals surface area (Å²) in [4.78, 5) is 4.87. The molecule has 0 amide bonds. The molecule has 0 saturated carbocycles. The van der Waals surface area contributed by atoms with E-state index in [2.05, 4.69) is 55.9 Å². The molecule has 1 aliphatic heterocycles. The van der Waals surface area contributed by atoms with E-state index in [4.69, 9.17) is 5.73 Å². The monoisotopic (exact) mass is 261 g/mol. The van der Waals surface area contributed by atoms with E-state index in [1.165, 1.54) is 16.8 Å². The van der Waals surface area contributed by atoms with Gasteiger partial charge in [0.2, 0.25) is 0 Å². The van der Waals surface area contributed by atoms with Crippen LogP contribution in [0, 0.1) is 12.8 Å². The number of nitrogens with two attached hydrogens (primary N) is 1. The molecule has 3 heteroatoms. The maximum atomic E-state index is 5.62. The van der Waals surface area contributed by atoms with Gasteiger partial charge in [-0.2, -0.15) is 0 Å². The average molecular weight is 261 g/mol. The summed E-state index contributed by atoms with van der Waals surface area (Å²) >= 11 is 0. The lowest BCUT2D eigenvalue weighted by atomic mass is 10.1. The smallest absolute Gasteiger partial charge is 0.0396 e. The van der Waals surface area contributed by atoms with Crippen LogP contribution in [0.25, 0.3) is 0 Å². The van der Waals surface area contributed by atoms with Gasteiger partial charge in [0.1, 0.15) is 0 Å². The van der Waals surface area contributed by atoms with Crippen molar-refractivity contribution in [3.8, 4) is 0 Å². The highest BCUT2D eigenvalue weighted by Gasteiger charge is 2.31. The first-order valence-electron chi connectivity index (χ1n) is 7.24. The lowest BCUT2D eigenvalue weighted by Crippen LogP contribution is -2.34. The molecule has 19 heavy (non-hydrogen) atoms. The van der Waals surface area contributed by atoms with Crippen molar-refractivity contribution in [3.05, 3.63) is 29.3 Å². The van der Waals surface area contributed by atoms with Crippen molar-refractivity contribution in [2.45, 2.75) is 26.3 Å². The highest BCUT2D eigenvalue weighted by molar-refractivity contribution is 5.55. The lowest BCUT2D eigenvalue weighted by molar-refractivity contribution is 0.266. The van der Waals surface area contributed by atoms with Crippen LogP contribution in [0.15, 0.2) is 18.2 Å². The minimum absolute atomic E-state index is 0.656. The number of rotatable bonds is 4. The number of likely N-dealkylation sites (N-methyl/N-ethyl adjacent to an activating group) is 1. The largest absolute Gasteiger partial charge is 0.369 e. The Morgan fingerprint density at radius 2 is 2.05 bits per heavy atom. The van der Waals surface area contributed by atoms with Crippen LogP contribution in [0.3, 0.4) is 0 Å². The summed E-state index contributed by atoms with van der Waals surface area (Å²) in [5, 5.41) is 0. The summed E-state index contributed by atoms with van der Waals surface area (Å²) < 4.78 is 0. The molecule has 2 N–H and O–H groups in total. The Labute approximate surface area is 117 Å². The van der Waals surface area contributed by atoms with E-state index >= 15 is 0 Å². The van der Waals surface area contributed by atoms with Crippen molar-refractivity contribution in [2.75, 3.05) is 38.6 Å². The van der Waals surface area contributed by atoms with E-state index in [9.17, 15) is 0 Å². The second-order valence-corrected chi connectivity index (χ2v) is 6.07. The lowest BCUT2D eigenvalue weighted by Gasteiger charge is -2.24. The summed E-state index contributed by atoms with van der Waals surface area (Å²) in [7, 11) is 4.36. The number of anilines is 1. The van der Waals surface area contributed by atoms with Gasteiger partial charge in [-0.15, -0.1) is 0 Å². The van der Waals surface area contributed by atoms with Crippen LogP contribution in [-0.2, 0) is 6.42 Å². The summed E-state index contributed by atoms with van der Waals surface area (Å²) in [6, 6.07) is 7.44. The van der Waals surface area contributed by atoms with Crippen molar-refractivity contribution < 1.29 is 0 Å². The first kappa shape index (κ1) is 14.4. The van der Waals surface area contributed by atoms with Gasteiger partial charge in [-0.05, 0) is 57.1 Å². The van der Waals surface area contributed by atoms with Crippen molar-refractivity contribution in [3.63, 3.8) is 0 Å². The third-order valence-corrected chi connectivity index (χ3v) is 4.27. The van der Waals surface area contributed by atoms with Gasteiger partial charge in [0.15, 0.2) is 0 Å². The standard InChI is InChI=1S/C16H27N3/c1-12-9-14(7-8-17)5-6-15(12)19-10-13(2)16(11-19)18(3)4/h5-6,9,13,16H,7-8,10-11,17H2,1-4H3. The molecular formula is C16H27N3. The van der Waals surface area contributed by atoms with Gasteiger partial charge >= 0.3 is 0 Å². The van der Waals surface area contributed by atoms with Gasteiger partial charge in [-0.3, -0.25) is 0 Å². The fourth-order valence-electron chi connectivity index (χ4n) is 3.21. The predicted octanol–water partition coefficient (Wildman–Crippen LogP) is 1.88. The zero-order valence-electron chi connectivity index (χ0n) is 12.7. The summed E-state index contributed by atoms with van der Waals surface area (Å²) in [6.45, 7) is 7.57. The molecule has 1 aliphatic rings. The Hall–Kier alpha value is -1.06. The van der Waals surface area contributed by atoms with Crippen molar-refractivity contribution in [1.29, 1.82) is 0 Å². The summed E-state index contributed by atoms with van der Waals surface area (Å²) in [6.07, 6.45) is 0.970. The number of hydrogen-bond acceptors (Lipinski definition) is 3. The first-order valence-corrected chi connectivity index (χ1v) is 7.24. The Bertz CT molecular complexity index is 428. The zero-order chi connectivity index (χ0) is 14.0. The molecule has 0 radical (unpaired) electrons. The molecule has 0 aromatic heterocycles. The molecule has 0 aliphatic carbocycles. The molecule has 1 aromatic rings. The molecule has 2 unspecified atom stereocenters. The van der Waals surface area contributed by atoms with Gasteiger partial charge in [0.25, 0.3) is 0 Å². The molecule has 0 bridgehead atoms. The van der Waals surface area contributed by atoms with E-state index in [-0.39, 0.29) is 0 Å². The Balaban J connectivity index is 2.15. The quantitative estimate of drug-likeness (QED) is 0.898. The number of benzene rings is 1. The predicted molar refractivity (Wildman–Crippen MR) is 82.8 cm³/mol. The Morgan fingerprint density at radius 1 is 1.32 bits per heavy atom. The maximum absolute atomic E-state index is 5.62. The molecule has 2 rings (SSSR count). The molecule has 1 saturated heterocycles. The van der Waals surface area contributed by atoms with Gasteiger partial charge in [0, 0.05) is 24.8 Å². The van der Waals surface area contributed by atoms with Crippen LogP contribution >= 0.6 is 0 Å². The van der Waals surface area contributed by atoms with Crippen molar-refractivity contribution >= 4 is 5.69 Å². The van der Waals surface area contributed by atoms with Gasteiger partial charge in [0.05, 0.1) is 0 Å². The maximum Gasteiger partial charge on any atom is 0.0396 e. The van der Waals surface area contributed by atoms with Crippen LogP contribution in [-0.4, -0.2) is 44.7 Å². The van der Waals surface area contributed by atoms with E-state index < -0.39 is 0 Å². The number of hydrogen-bond donors (Lipinski definition) is 1. The number of nitrogens with zero attached hydrogens (tertiary/aromatic N) is 2. The van der Waals surface area contributed by atoms with Crippen LogP contribution < -0.4 is 10.6 Å². The van der Waals surface area contributed by atoms with E-state index in [0.29, 0.717) is 6.04 Å². The fraction of sp³-hybridized carbons (Fsp3) is 0.625. The normalized spacial score (nSPS) is 23.4. The van der Waals surface area contributed by atoms with Gasteiger partial charge in [-0.1, -0.05) is 19.1 Å². The molecule has 2 atom stereocenters. The summed E-state index contributed by atoms with van der Waals surface area (Å²) in [5.41, 5.74) is 9.73. The first-order chi connectivity index (χ1) is 9.02. The highest BCUT2D eigenvalue weighted by Crippen LogP contribution is 2.29. The van der Waals surface area contributed by atoms with Crippen LogP contribution in [0.4, 0.5) is 5.69 Å². The van der Waals surface area contributed by atoms with Gasteiger partial charge in [-0.25, -0.2) is 0 Å². The molecule has 1 aromatic carbocycles. The minimum Gasteiger partial charge on any atom is -0.369 e. The molecular weight excluding hydrogens is 234 g/mol. The van der Waals surface area contributed by atoms with Crippen LogP contribution in [0.5, 0.6) is 0 Å². The van der Waals surface area contributed by atoms with E-state index in [0.717, 1.165) is 32.0 Å². The molecule has 3 nitrogen and oxygen atoms in total. The van der Waals surface area contributed by atoms with E-state index in [1.807, 2.05) is 0 Å². The van der Waals surface area contributed by atoms with E-state index in [1.54, 1.807) is 0 Å². The molecule has 1 fully saturated rings. The van der Waals surface area contributed by atoms with Crippen LogP contribution in [0.1, 0.15) is 18.1 Å². The molecule has 0 spiro atoms. The Morgan fingerprint density at radius 3 is 2.58 bits per heavy atom. The SMILES string of the molecule is Cc1cc(CCN)ccc1N1CC(C)C(N(C)C)C1. The van der Waals surface area contributed by atoms with Gasteiger partial charge < -0.3 is 15.5 Å². The van der Waals surface area contributed by atoms with Crippen LogP contribution in [0.2, 0.25) is 0 Å². The number of aryl methyl sites for hydroxylation is 1.